The zero-order valence-corrected chi connectivity index (χ0v) is 10.6. The minimum Gasteiger partial charge on any atom is -0.356 e. The molecule has 0 radical (unpaired) electrons. The Labute approximate surface area is 102 Å². The van der Waals surface area contributed by atoms with Gasteiger partial charge in [0.1, 0.15) is 0 Å². The van der Waals surface area contributed by atoms with Crippen molar-refractivity contribution in [2.45, 2.75) is 38.6 Å². The fourth-order valence-corrected chi connectivity index (χ4v) is 1.71. The molecule has 1 aromatic heterocycles. The molecule has 96 valence electrons. The summed E-state index contributed by atoms with van der Waals surface area (Å²) in [6, 6.07) is 1.93. The fraction of sp³-hybridized carbons (Fsp3) is 0.667. The Morgan fingerprint density at radius 2 is 2.41 bits per heavy atom. The maximum Gasteiger partial charge on any atom is 0.221 e. The van der Waals surface area contributed by atoms with Crippen molar-refractivity contribution in [3.05, 3.63) is 18.0 Å². The molecular formula is C12H22N4O. The number of aryl methyl sites for hydroxylation is 1. The lowest BCUT2D eigenvalue weighted by atomic mass is 10.1. The van der Waals surface area contributed by atoms with E-state index in [-0.39, 0.29) is 11.9 Å². The van der Waals surface area contributed by atoms with Gasteiger partial charge in [-0.2, -0.15) is 5.10 Å². The Morgan fingerprint density at radius 3 is 3.00 bits per heavy atom. The highest BCUT2D eigenvalue weighted by atomic mass is 16.1. The van der Waals surface area contributed by atoms with Gasteiger partial charge >= 0.3 is 0 Å². The van der Waals surface area contributed by atoms with Gasteiger partial charge in [0.2, 0.25) is 5.91 Å². The van der Waals surface area contributed by atoms with Crippen molar-refractivity contribution >= 4 is 5.91 Å². The minimum absolute atomic E-state index is 0.0187. The smallest absolute Gasteiger partial charge is 0.221 e. The molecule has 0 saturated heterocycles. The lowest BCUT2D eigenvalue weighted by Crippen LogP contribution is -2.32. The van der Waals surface area contributed by atoms with Crippen LogP contribution in [0.25, 0.3) is 0 Å². The molecule has 1 aromatic rings. The topological polar surface area (TPSA) is 72.9 Å². The molecule has 0 aliphatic rings. The lowest BCUT2D eigenvalue weighted by Gasteiger charge is -2.09. The van der Waals surface area contributed by atoms with Crippen LogP contribution in [0.3, 0.4) is 0 Å². The van der Waals surface area contributed by atoms with Crippen LogP contribution >= 0.6 is 0 Å². The van der Waals surface area contributed by atoms with Crippen LogP contribution in [-0.4, -0.2) is 28.3 Å². The van der Waals surface area contributed by atoms with E-state index < -0.39 is 0 Å². The summed E-state index contributed by atoms with van der Waals surface area (Å²) in [5.41, 5.74) is 6.79. The van der Waals surface area contributed by atoms with Crippen LogP contribution in [0.5, 0.6) is 0 Å². The van der Waals surface area contributed by atoms with E-state index in [1.807, 2.05) is 19.3 Å². The monoisotopic (exact) mass is 238 g/mol. The van der Waals surface area contributed by atoms with Crippen molar-refractivity contribution in [2.24, 2.45) is 12.8 Å². The molecule has 0 aliphatic heterocycles. The molecular weight excluding hydrogens is 216 g/mol. The molecule has 1 atom stereocenters. The van der Waals surface area contributed by atoms with Crippen LogP contribution < -0.4 is 11.1 Å². The van der Waals surface area contributed by atoms with Gasteiger partial charge in [0, 0.05) is 38.7 Å². The number of aromatic nitrogens is 2. The highest BCUT2D eigenvalue weighted by Gasteiger charge is 2.08. The third-order valence-electron chi connectivity index (χ3n) is 2.58. The maximum absolute atomic E-state index is 11.5. The predicted octanol–water partition coefficient (Wildman–Crippen LogP) is 0.596. The van der Waals surface area contributed by atoms with Gasteiger partial charge in [0.25, 0.3) is 0 Å². The average molecular weight is 238 g/mol. The molecule has 17 heavy (non-hydrogen) atoms. The highest BCUT2D eigenvalue weighted by Crippen LogP contribution is 1.98. The number of carbonyl (C=O) groups is 1. The summed E-state index contributed by atoms with van der Waals surface area (Å²) in [5.74, 6) is 0.0295. The van der Waals surface area contributed by atoms with Crippen molar-refractivity contribution in [3.8, 4) is 0 Å². The predicted molar refractivity (Wildman–Crippen MR) is 67.4 cm³/mol. The van der Waals surface area contributed by atoms with Crippen LogP contribution in [0.15, 0.2) is 12.3 Å². The summed E-state index contributed by atoms with van der Waals surface area (Å²) in [6.07, 6.45) is 4.98. The fourth-order valence-electron chi connectivity index (χ4n) is 1.71. The number of amides is 1. The molecule has 0 aromatic carbocycles. The standard InChI is InChI=1S/C12H22N4O/c1-3-4-10(13)9-12(17)14-7-5-11-6-8-16(2)15-11/h6,8,10H,3-5,7,9,13H2,1-2H3,(H,14,17). The lowest BCUT2D eigenvalue weighted by molar-refractivity contribution is -0.121. The van der Waals surface area contributed by atoms with Crippen LogP contribution in [0, 0.1) is 0 Å². The number of hydrogen-bond donors (Lipinski definition) is 2. The van der Waals surface area contributed by atoms with Crippen molar-refractivity contribution in [1.82, 2.24) is 15.1 Å². The van der Waals surface area contributed by atoms with Gasteiger partial charge in [0.05, 0.1) is 5.69 Å². The van der Waals surface area contributed by atoms with Crippen molar-refractivity contribution in [1.29, 1.82) is 0 Å². The van der Waals surface area contributed by atoms with Crippen molar-refractivity contribution in [3.63, 3.8) is 0 Å². The van der Waals surface area contributed by atoms with E-state index in [1.54, 1.807) is 4.68 Å². The normalized spacial score (nSPS) is 12.4. The van der Waals surface area contributed by atoms with Gasteiger partial charge in [-0.05, 0) is 12.5 Å². The molecule has 3 N–H and O–H groups in total. The summed E-state index contributed by atoms with van der Waals surface area (Å²) >= 11 is 0. The maximum atomic E-state index is 11.5. The molecule has 0 spiro atoms. The van der Waals surface area contributed by atoms with Gasteiger partial charge in [-0.1, -0.05) is 13.3 Å². The van der Waals surface area contributed by atoms with Crippen molar-refractivity contribution < 1.29 is 4.79 Å². The zero-order valence-electron chi connectivity index (χ0n) is 10.6. The minimum atomic E-state index is -0.0187. The molecule has 0 bridgehead atoms. The summed E-state index contributed by atoms with van der Waals surface area (Å²) in [4.78, 5) is 11.5. The first-order chi connectivity index (χ1) is 8.11. The number of nitrogens with two attached hydrogens (primary N) is 1. The van der Waals surface area contributed by atoms with Gasteiger partial charge < -0.3 is 11.1 Å². The Morgan fingerprint density at radius 1 is 1.65 bits per heavy atom. The third-order valence-corrected chi connectivity index (χ3v) is 2.58. The van der Waals surface area contributed by atoms with Gasteiger partial charge in [-0.25, -0.2) is 0 Å². The number of nitrogens with one attached hydrogen (secondary N) is 1. The van der Waals surface area contributed by atoms with E-state index >= 15 is 0 Å². The second kappa shape index (κ2) is 7.06. The largest absolute Gasteiger partial charge is 0.356 e. The Hall–Kier alpha value is -1.36. The Kier molecular flexibility index (Phi) is 5.69. The SMILES string of the molecule is CCCC(N)CC(=O)NCCc1ccn(C)n1. The number of carbonyl (C=O) groups excluding carboxylic acids is 1. The van der Waals surface area contributed by atoms with Crippen LogP contribution in [0.4, 0.5) is 0 Å². The molecule has 0 saturated carbocycles. The van der Waals surface area contributed by atoms with Gasteiger partial charge in [-0.3, -0.25) is 9.48 Å². The van der Waals surface area contributed by atoms with E-state index in [2.05, 4.69) is 17.3 Å². The molecule has 1 rings (SSSR count). The summed E-state index contributed by atoms with van der Waals surface area (Å²) in [5, 5.41) is 7.10. The first kappa shape index (κ1) is 13.7. The third kappa shape index (κ3) is 5.49. The Balaban J connectivity index is 2.16. The van der Waals surface area contributed by atoms with E-state index in [9.17, 15) is 4.79 Å². The quantitative estimate of drug-likeness (QED) is 0.730. The molecule has 0 aliphatic carbocycles. The highest BCUT2D eigenvalue weighted by molar-refractivity contribution is 5.76. The van der Waals surface area contributed by atoms with E-state index in [4.69, 9.17) is 5.73 Å². The van der Waals surface area contributed by atoms with Crippen molar-refractivity contribution in [2.75, 3.05) is 6.54 Å². The zero-order chi connectivity index (χ0) is 12.7. The molecule has 1 unspecified atom stereocenters. The molecule has 5 heteroatoms. The van der Waals surface area contributed by atoms with E-state index in [0.29, 0.717) is 13.0 Å². The molecule has 1 amide bonds. The van der Waals surface area contributed by atoms with E-state index in [0.717, 1.165) is 25.0 Å². The molecule has 0 fully saturated rings. The van der Waals surface area contributed by atoms with Crippen LogP contribution in [0.1, 0.15) is 31.9 Å². The second-order valence-electron chi connectivity index (χ2n) is 4.33. The summed E-state index contributed by atoms with van der Waals surface area (Å²) < 4.78 is 1.76. The van der Waals surface area contributed by atoms with Crippen LogP contribution in [-0.2, 0) is 18.3 Å². The summed E-state index contributed by atoms with van der Waals surface area (Å²) in [7, 11) is 1.88. The van der Waals surface area contributed by atoms with Crippen LogP contribution in [0.2, 0.25) is 0 Å². The first-order valence-corrected chi connectivity index (χ1v) is 6.12. The second-order valence-corrected chi connectivity index (χ2v) is 4.33. The number of hydrogen-bond acceptors (Lipinski definition) is 3. The number of nitrogens with zero attached hydrogens (tertiary/aromatic N) is 2. The Bertz CT molecular complexity index is 348. The van der Waals surface area contributed by atoms with Gasteiger partial charge in [-0.15, -0.1) is 0 Å². The first-order valence-electron chi connectivity index (χ1n) is 6.12. The average Bonchev–Trinajstić information content (AvgIpc) is 2.64. The molecule has 5 nitrogen and oxygen atoms in total. The number of rotatable bonds is 7. The summed E-state index contributed by atoms with van der Waals surface area (Å²) in [6.45, 7) is 2.69. The van der Waals surface area contributed by atoms with Gasteiger partial charge in [0.15, 0.2) is 0 Å². The van der Waals surface area contributed by atoms with E-state index in [1.165, 1.54) is 0 Å². The molecule has 1 heterocycles.